The molecule has 127 valence electrons. The molecule has 0 atom stereocenters. The molecule has 2 aliphatic rings. The van der Waals surface area contributed by atoms with E-state index < -0.39 is 22.8 Å². The SMILES string of the molecule is C[C](C)=[Zr+2][c]1c(C2=CC=CC2)cc(C)c2c1Cc1ccccc1-2.[Cl-].[Cl-]. The first-order valence-electron chi connectivity index (χ1n) is 8.33. The summed E-state index contributed by atoms with van der Waals surface area (Å²) in [6.07, 6.45) is 9.04. The molecule has 0 amide bonds. The predicted octanol–water partition coefficient (Wildman–Crippen LogP) is -1.16. The molecule has 0 heterocycles. The molecule has 2 aromatic rings. The van der Waals surface area contributed by atoms with Crippen molar-refractivity contribution in [1.29, 1.82) is 0 Å². The van der Waals surface area contributed by atoms with Crippen LogP contribution in [0.3, 0.4) is 0 Å². The van der Waals surface area contributed by atoms with E-state index in [-0.39, 0.29) is 24.8 Å². The Morgan fingerprint density at radius 3 is 2.48 bits per heavy atom. The molecule has 4 rings (SSSR count). The Bertz CT molecular complexity index is 900. The molecule has 0 aliphatic heterocycles. The Balaban J connectivity index is 0.00000113. The molecule has 0 fully saturated rings. The number of benzene rings is 2. The van der Waals surface area contributed by atoms with Gasteiger partial charge in [-0.1, -0.05) is 0 Å². The van der Waals surface area contributed by atoms with Crippen molar-refractivity contribution in [2.45, 2.75) is 33.6 Å². The summed E-state index contributed by atoms with van der Waals surface area (Å²) in [5.74, 6) is 0. The van der Waals surface area contributed by atoms with Gasteiger partial charge >= 0.3 is 150 Å². The fraction of sp³-hybridized carbons (Fsp3) is 0.227. The zero-order valence-electron chi connectivity index (χ0n) is 14.8. The van der Waals surface area contributed by atoms with Crippen molar-refractivity contribution in [2.75, 3.05) is 0 Å². The van der Waals surface area contributed by atoms with E-state index in [1.54, 1.807) is 17.6 Å². The number of hydrogen-bond donors (Lipinski definition) is 0. The molecule has 2 aromatic carbocycles. The van der Waals surface area contributed by atoms with Crippen LogP contribution in [0.15, 0.2) is 48.6 Å². The fourth-order valence-corrected chi connectivity index (χ4v) is 6.87. The van der Waals surface area contributed by atoms with E-state index in [2.05, 4.69) is 69.3 Å². The molecule has 0 N–H and O–H groups in total. The van der Waals surface area contributed by atoms with E-state index in [4.69, 9.17) is 0 Å². The van der Waals surface area contributed by atoms with Crippen molar-refractivity contribution < 1.29 is 47.6 Å². The van der Waals surface area contributed by atoms with Crippen LogP contribution in [0.1, 0.15) is 42.5 Å². The van der Waals surface area contributed by atoms with Crippen LogP contribution in [0.4, 0.5) is 0 Å². The third-order valence-electron chi connectivity index (χ3n) is 4.77. The summed E-state index contributed by atoms with van der Waals surface area (Å²) in [7, 11) is 0. The molecule has 2 aliphatic carbocycles. The Morgan fingerprint density at radius 2 is 1.80 bits per heavy atom. The van der Waals surface area contributed by atoms with Crippen molar-refractivity contribution in [1.82, 2.24) is 0 Å². The normalized spacial score (nSPS) is 13.2. The van der Waals surface area contributed by atoms with E-state index in [1.165, 1.54) is 27.8 Å². The van der Waals surface area contributed by atoms with Gasteiger partial charge in [-0.2, -0.15) is 0 Å². The first kappa shape index (κ1) is 20.6. The van der Waals surface area contributed by atoms with Gasteiger partial charge in [-0.15, -0.1) is 0 Å². The average Bonchev–Trinajstić information content (AvgIpc) is 3.16. The second-order valence-corrected chi connectivity index (χ2v) is 11.1. The second-order valence-electron chi connectivity index (χ2n) is 6.75. The molecule has 0 radical (unpaired) electrons. The van der Waals surface area contributed by atoms with Gasteiger partial charge in [0.2, 0.25) is 0 Å². The minimum absolute atomic E-state index is 0. The second kappa shape index (κ2) is 8.30. The standard InChI is InChI=1S/C19H15.C3H6.2ClH.Zr/c1-13-10-16(14-6-2-3-7-14)12-17-11-15-8-4-5-9-18(15)19(13)17;1-3-2;;;/h2-6,8-10H,7,11H2,1H3;1-2H3;2*1H;/q;;;;+2/p-2. The molecule has 0 aromatic heterocycles. The molecule has 3 heteroatoms. The van der Waals surface area contributed by atoms with E-state index in [9.17, 15) is 0 Å². The van der Waals surface area contributed by atoms with E-state index in [0.717, 1.165) is 12.8 Å². The third-order valence-corrected chi connectivity index (χ3v) is 8.02. The van der Waals surface area contributed by atoms with Crippen molar-refractivity contribution in [3.63, 3.8) is 0 Å². The monoisotopic (exact) mass is 445 g/mol. The zero-order valence-corrected chi connectivity index (χ0v) is 18.8. The minimum atomic E-state index is -0.664. The van der Waals surface area contributed by atoms with Crippen LogP contribution in [-0.2, 0) is 29.2 Å². The van der Waals surface area contributed by atoms with E-state index in [1.807, 2.05) is 0 Å². The van der Waals surface area contributed by atoms with Crippen molar-refractivity contribution in [3.8, 4) is 11.1 Å². The summed E-state index contributed by atoms with van der Waals surface area (Å²) >= 11 is -0.664. The summed E-state index contributed by atoms with van der Waals surface area (Å²) in [4.78, 5) is 0. The van der Waals surface area contributed by atoms with Crippen LogP contribution in [0.25, 0.3) is 16.7 Å². The molecule has 0 spiro atoms. The molecule has 0 unspecified atom stereocenters. The Kier molecular flexibility index (Phi) is 6.82. The Hall–Kier alpha value is -0.747. The van der Waals surface area contributed by atoms with E-state index in [0.29, 0.717) is 0 Å². The summed E-state index contributed by atoms with van der Waals surface area (Å²) < 4.78 is 3.38. The third kappa shape index (κ3) is 3.70. The van der Waals surface area contributed by atoms with Gasteiger partial charge in [-0.25, -0.2) is 0 Å². The van der Waals surface area contributed by atoms with Gasteiger partial charge in [-0.05, 0) is 0 Å². The van der Waals surface area contributed by atoms with Crippen LogP contribution in [0, 0.1) is 6.92 Å². The maximum absolute atomic E-state index is 2.47. The van der Waals surface area contributed by atoms with Crippen LogP contribution >= 0.6 is 0 Å². The molecule has 0 bridgehead atoms. The maximum atomic E-state index is 2.47. The Labute approximate surface area is 174 Å². The van der Waals surface area contributed by atoms with Crippen LogP contribution in [0.2, 0.25) is 0 Å². The van der Waals surface area contributed by atoms with Crippen molar-refractivity contribution >= 4 is 12.1 Å². The zero-order chi connectivity index (χ0) is 16.0. The van der Waals surface area contributed by atoms with Gasteiger partial charge in [0.1, 0.15) is 0 Å². The van der Waals surface area contributed by atoms with Crippen LogP contribution in [0.5, 0.6) is 0 Å². The van der Waals surface area contributed by atoms with Gasteiger partial charge in [0.05, 0.1) is 0 Å². The number of rotatable bonds is 2. The average molecular weight is 448 g/mol. The number of allylic oxidation sites excluding steroid dienone is 4. The number of aryl methyl sites for hydroxylation is 1. The maximum Gasteiger partial charge on any atom is -1.00 e. The van der Waals surface area contributed by atoms with Crippen LogP contribution in [-0.4, -0.2) is 3.21 Å². The molecule has 25 heavy (non-hydrogen) atoms. The molecule has 0 nitrogen and oxygen atoms in total. The van der Waals surface area contributed by atoms with Crippen molar-refractivity contribution in [3.05, 3.63) is 70.8 Å². The topological polar surface area (TPSA) is 0 Å². The van der Waals surface area contributed by atoms with Gasteiger partial charge in [0, 0.05) is 0 Å². The quantitative estimate of drug-likeness (QED) is 0.465. The van der Waals surface area contributed by atoms with E-state index >= 15 is 0 Å². The smallest absolute Gasteiger partial charge is 1.00 e. The summed E-state index contributed by atoms with van der Waals surface area (Å²) in [5, 5.41) is 0. The van der Waals surface area contributed by atoms with Crippen LogP contribution < -0.4 is 28.1 Å². The fourth-order valence-electron chi connectivity index (χ4n) is 3.84. The molecule has 0 saturated carbocycles. The minimum Gasteiger partial charge on any atom is -1.00 e. The van der Waals surface area contributed by atoms with Crippen molar-refractivity contribution in [2.24, 2.45) is 0 Å². The summed E-state index contributed by atoms with van der Waals surface area (Å²) in [6.45, 7) is 6.95. The molecular formula is C22H21Cl2Zr. The number of fused-ring (bicyclic) bond motifs is 3. The molecule has 0 saturated heterocycles. The van der Waals surface area contributed by atoms with Gasteiger partial charge in [-0.3, -0.25) is 0 Å². The summed E-state index contributed by atoms with van der Waals surface area (Å²) in [5.41, 5.74) is 10.7. The molecular weight excluding hydrogens is 426 g/mol. The first-order chi connectivity index (χ1) is 11.1. The summed E-state index contributed by atoms with van der Waals surface area (Å²) in [6, 6.07) is 11.4. The van der Waals surface area contributed by atoms with Gasteiger partial charge in [0.25, 0.3) is 0 Å². The first-order valence-corrected chi connectivity index (χ1v) is 10.8. The predicted molar refractivity (Wildman–Crippen MR) is 97.1 cm³/mol. The Morgan fingerprint density at radius 1 is 1.04 bits per heavy atom. The largest absolute Gasteiger partial charge is 1.00 e. The number of halogens is 2. The van der Waals surface area contributed by atoms with Gasteiger partial charge < -0.3 is 24.8 Å². The van der Waals surface area contributed by atoms with Gasteiger partial charge in [0.15, 0.2) is 0 Å². The number of hydrogen-bond acceptors (Lipinski definition) is 0.